The number of hydrogen-bond donors (Lipinski definition) is 0. The first-order chi connectivity index (χ1) is 25.1. The first-order valence-corrected chi connectivity index (χ1v) is 36.9. The van der Waals surface area contributed by atoms with Crippen molar-refractivity contribution in [1.29, 1.82) is 0 Å². The van der Waals surface area contributed by atoms with E-state index in [1.165, 1.54) is 89.0 Å². The van der Waals surface area contributed by atoms with Crippen molar-refractivity contribution in [3.05, 3.63) is 127 Å². The van der Waals surface area contributed by atoms with Gasteiger partial charge < -0.3 is 0 Å². The van der Waals surface area contributed by atoms with Gasteiger partial charge in [-0.05, 0) is 0 Å². The summed E-state index contributed by atoms with van der Waals surface area (Å²) < 4.78 is 0.0527. The van der Waals surface area contributed by atoms with Crippen molar-refractivity contribution >= 4 is 35.1 Å². The van der Waals surface area contributed by atoms with E-state index in [1.807, 2.05) is 0 Å². The summed E-state index contributed by atoms with van der Waals surface area (Å²) in [6, 6.07) is 23.9. The number of aryl methyl sites for hydroxylation is 6. The minimum atomic E-state index is -5.11. The van der Waals surface area contributed by atoms with E-state index >= 15 is 0 Å². The van der Waals surface area contributed by atoms with Gasteiger partial charge in [-0.15, -0.1) is 0 Å². The van der Waals surface area contributed by atoms with Gasteiger partial charge in [0.2, 0.25) is 0 Å². The van der Waals surface area contributed by atoms with E-state index in [1.54, 1.807) is 0 Å². The molecule has 0 saturated heterocycles. The van der Waals surface area contributed by atoms with Crippen LogP contribution in [0.4, 0.5) is 0 Å². The molecule has 0 bridgehead atoms. The molecular weight excluding hydrogens is 791 g/mol. The molecule has 0 radical (unpaired) electrons. The molecule has 2 aliphatic rings. The summed E-state index contributed by atoms with van der Waals surface area (Å²) in [5.74, 6) is -1.76. The minimum absolute atomic E-state index is 0.0263. The SMILES string of the molecule is CCCc1ccc2c(c1-c1cc(C)cc(C)c1)C=C(C(C)(C)C)[CH]2[Zr]([Cl])([Cl])([CH]1C(C(C)(C)C)=Cc2c1ccc(CCC)c2-c1cc(C)cc(C)c1)[SiH](C)C. The predicted octanol–water partition coefficient (Wildman–Crippen LogP) is 15.8. The summed E-state index contributed by atoms with van der Waals surface area (Å²) in [5.41, 5.74) is 21.6. The Morgan fingerprint density at radius 1 is 0.556 bits per heavy atom. The van der Waals surface area contributed by atoms with Gasteiger partial charge in [0.05, 0.1) is 0 Å². The topological polar surface area (TPSA) is 0 Å². The van der Waals surface area contributed by atoms with Crippen LogP contribution in [0.5, 0.6) is 0 Å². The van der Waals surface area contributed by atoms with Crippen molar-refractivity contribution in [3.63, 3.8) is 0 Å². The van der Waals surface area contributed by atoms with E-state index in [0.717, 1.165) is 25.7 Å². The predicted molar refractivity (Wildman–Crippen MR) is 242 cm³/mol. The molecule has 2 atom stereocenters. The Kier molecular flexibility index (Phi) is 11.4. The van der Waals surface area contributed by atoms with Gasteiger partial charge in [-0.1, -0.05) is 0 Å². The third kappa shape index (κ3) is 7.12. The number of hydrogen-bond acceptors (Lipinski definition) is 0. The number of benzene rings is 4. The fraction of sp³-hybridized carbons (Fsp3) is 0.440. The normalized spacial score (nSPS) is 18.0. The number of halogens is 2. The molecule has 0 heterocycles. The zero-order valence-corrected chi connectivity index (χ0v) is 40.9. The summed E-state index contributed by atoms with van der Waals surface area (Å²) in [4.78, 5) is 0. The molecule has 4 aromatic carbocycles. The molecule has 287 valence electrons. The first kappa shape index (κ1) is 41.7. The molecule has 54 heavy (non-hydrogen) atoms. The van der Waals surface area contributed by atoms with E-state index in [9.17, 15) is 0 Å². The van der Waals surface area contributed by atoms with Crippen LogP contribution in [-0.2, 0) is 28.4 Å². The van der Waals surface area contributed by atoms with Crippen LogP contribution < -0.4 is 0 Å². The molecule has 6 rings (SSSR count). The van der Waals surface area contributed by atoms with Gasteiger partial charge >= 0.3 is 340 Å². The average Bonchev–Trinajstić information content (AvgIpc) is 3.65. The van der Waals surface area contributed by atoms with Gasteiger partial charge in [-0.25, -0.2) is 0 Å². The Morgan fingerprint density at radius 3 is 1.17 bits per heavy atom. The monoisotopic (exact) mass is 853 g/mol. The van der Waals surface area contributed by atoms with E-state index in [-0.39, 0.29) is 18.1 Å². The molecule has 0 N–H and O–H groups in total. The van der Waals surface area contributed by atoms with Crippen molar-refractivity contribution in [1.82, 2.24) is 0 Å². The standard InChI is InChI=1S/2C24H29.C2H7Si.2ClH.Zr/c2*1-7-8-18-9-10-19-14-21(24(4,5)6)15-22(19)23(18)20-12-16(2)11-17(3)13-20;1-3-2;;;/h2*9-15H,7-8H2,1-6H3;3H,1-2H3;2*1H;/q;;;;;+2/p-2. The molecule has 0 amide bonds. The molecule has 0 fully saturated rings. The molecular formula is C50H65Cl2SiZr. The van der Waals surface area contributed by atoms with Gasteiger partial charge in [0.1, 0.15) is 0 Å². The molecule has 4 heteroatoms. The quantitative estimate of drug-likeness (QED) is 0.147. The van der Waals surface area contributed by atoms with Crippen LogP contribution in [0.2, 0.25) is 13.1 Å². The second-order valence-electron chi connectivity index (χ2n) is 19.4. The second-order valence-corrected chi connectivity index (χ2v) is 61.9. The van der Waals surface area contributed by atoms with Crippen molar-refractivity contribution in [2.45, 2.75) is 129 Å². The van der Waals surface area contributed by atoms with Crippen LogP contribution >= 0.6 is 17.0 Å². The molecule has 0 spiro atoms. The van der Waals surface area contributed by atoms with Crippen LogP contribution in [0.15, 0.2) is 71.8 Å². The van der Waals surface area contributed by atoms with Crippen LogP contribution in [0, 0.1) is 38.5 Å². The van der Waals surface area contributed by atoms with E-state index in [0.29, 0.717) is 0 Å². The average molecular weight is 856 g/mol. The third-order valence-electron chi connectivity index (χ3n) is 12.6. The summed E-state index contributed by atoms with van der Waals surface area (Å²) in [6.07, 6.45) is 9.44. The van der Waals surface area contributed by atoms with Crippen molar-refractivity contribution in [3.8, 4) is 22.3 Å². The molecule has 0 aromatic heterocycles. The molecule has 0 nitrogen and oxygen atoms in total. The van der Waals surface area contributed by atoms with E-state index in [2.05, 4.69) is 169 Å². The van der Waals surface area contributed by atoms with Gasteiger partial charge in [-0.2, -0.15) is 0 Å². The molecule has 2 aliphatic carbocycles. The Hall–Kier alpha value is -1.96. The maximum atomic E-state index is 9.05. The van der Waals surface area contributed by atoms with Gasteiger partial charge in [0, 0.05) is 0 Å². The molecule has 4 aromatic rings. The van der Waals surface area contributed by atoms with Gasteiger partial charge in [0.15, 0.2) is 0 Å². The van der Waals surface area contributed by atoms with Crippen molar-refractivity contribution in [2.24, 2.45) is 10.8 Å². The third-order valence-corrected chi connectivity index (χ3v) is 64.1. The summed E-state index contributed by atoms with van der Waals surface area (Å²) in [5, 5.41) is 0. The second kappa shape index (κ2) is 14.8. The Morgan fingerprint density at radius 2 is 0.889 bits per heavy atom. The Labute approximate surface area is 337 Å². The maximum absolute atomic E-state index is 9.05. The van der Waals surface area contributed by atoms with Crippen LogP contribution in [0.1, 0.15) is 131 Å². The van der Waals surface area contributed by atoms with Crippen LogP contribution in [0.3, 0.4) is 0 Å². The molecule has 0 aliphatic heterocycles. The van der Waals surface area contributed by atoms with Crippen LogP contribution in [-0.4, -0.2) is 5.92 Å². The number of rotatable bonds is 9. The van der Waals surface area contributed by atoms with Gasteiger partial charge in [-0.3, -0.25) is 0 Å². The Balaban J connectivity index is 1.72. The summed E-state index contributed by atoms with van der Waals surface area (Å²) >= 11 is -5.11. The Bertz CT molecular complexity index is 2000. The number of allylic oxidation sites excluding steroid dienone is 2. The van der Waals surface area contributed by atoms with E-state index < -0.39 is 21.5 Å². The first-order valence-electron chi connectivity index (χ1n) is 20.6. The zero-order valence-electron chi connectivity index (χ0n) is 35.7. The van der Waals surface area contributed by atoms with Gasteiger partial charge in [0.25, 0.3) is 0 Å². The molecule has 0 saturated carbocycles. The van der Waals surface area contributed by atoms with Crippen molar-refractivity contribution < 1.29 is 15.6 Å². The van der Waals surface area contributed by atoms with Crippen LogP contribution in [0.25, 0.3) is 34.4 Å². The summed E-state index contributed by atoms with van der Waals surface area (Å²) in [6.45, 7) is 32.9. The van der Waals surface area contributed by atoms with E-state index in [4.69, 9.17) is 17.0 Å². The number of fused-ring (bicyclic) bond motifs is 2. The fourth-order valence-corrected chi connectivity index (χ4v) is 41.6. The molecule has 2 unspecified atom stereocenters. The fourth-order valence-electron chi connectivity index (χ4n) is 10.2. The summed E-state index contributed by atoms with van der Waals surface area (Å²) in [7, 11) is 18.1. The zero-order chi connectivity index (χ0) is 39.7. The van der Waals surface area contributed by atoms with Crippen molar-refractivity contribution in [2.75, 3.05) is 0 Å².